The van der Waals surface area contributed by atoms with Crippen LogP contribution in [0.5, 0.6) is 0 Å². The Balaban J connectivity index is 2.83. The third-order valence-corrected chi connectivity index (χ3v) is 2.66. The van der Waals surface area contributed by atoms with Gasteiger partial charge in [0.2, 0.25) is 5.91 Å². The van der Waals surface area contributed by atoms with Crippen molar-refractivity contribution in [3.63, 3.8) is 0 Å². The summed E-state index contributed by atoms with van der Waals surface area (Å²) in [7, 11) is 0. The van der Waals surface area contributed by atoms with Crippen LogP contribution in [0.4, 0.5) is 4.39 Å². The van der Waals surface area contributed by atoms with Gasteiger partial charge in [0.25, 0.3) is 0 Å². The molecule has 0 spiro atoms. The maximum absolute atomic E-state index is 13.0. The van der Waals surface area contributed by atoms with Gasteiger partial charge in [-0.1, -0.05) is 17.7 Å². The van der Waals surface area contributed by atoms with Gasteiger partial charge in [0, 0.05) is 13.3 Å². The van der Waals surface area contributed by atoms with Gasteiger partial charge in [0.1, 0.15) is 11.9 Å². The van der Waals surface area contributed by atoms with Crippen LogP contribution in [0, 0.1) is 5.82 Å². The summed E-state index contributed by atoms with van der Waals surface area (Å²) in [6.45, 7) is 3.21. The Bertz CT molecular complexity index is 479. The molecule has 0 saturated carbocycles. The molecular formula is C13H15ClFNO3. The van der Waals surface area contributed by atoms with Crippen LogP contribution in [0.15, 0.2) is 18.2 Å². The first-order valence-electron chi connectivity index (χ1n) is 5.81. The Labute approximate surface area is 115 Å². The predicted molar refractivity (Wildman–Crippen MR) is 69.4 cm³/mol. The van der Waals surface area contributed by atoms with Crippen LogP contribution < -0.4 is 5.32 Å². The topological polar surface area (TPSA) is 55.4 Å². The number of hydrogen-bond donors (Lipinski definition) is 1. The minimum absolute atomic E-state index is 0.0251. The molecule has 0 bridgehead atoms. The fourth-order valence-corrected chi connectivity index (χ4v) is 1.79. The molecule has 1 rings (SSSR count). The van der Waals surface area contributed by atoms with Gasteiger partial charge >= 0.3 is 5.97 Å². The zero-order chi connectivity index (χ0) is 14.4. The van der Waals surface area contributed by atoms with Crippen LogP contribution in [-0.2, 0) is 20.7 Å². The van der Waals surface area contributed by atoms with E-state index in [1.807, 2.05) is 0 Å². The van der Waals surface area contributed by atoms with Crippen molar-refractivity contribution in [2.45, 2.75) is 26.3 Å². The molecule has 1 atom stereocenters. The number of amides is 1. The van der Waals surface area contributed by atoms with Crippen molar-refractivity contribution in [3.8, 4) is 0 Å². The van der Waals surface area contributed by atoms with E-state index in [0.717, 1.165) is 0 Å². The highest BCUT2D eigenvalue weighted by Crippen LogP contribution is 2.17. The van der Waals surface area contributed by atoms with Gasteiger partial charge < -0.3 is 10.1 Å². The molecule has 1 aromatic carbocycles. The smallest absolute Gasteiger partial charge is 0.328 e. The Morgan fingerprint density at radius 2 is 2.16 bits per heavy atom. The second kappa shape index (κ2) is 7.09. The number of benzene rings is 1. The molecule has 0 aromatic heterocycles. The number of halogens is 2. The minimum atomic E-state index is -0.807. The second-order valence-corrected chi connectivity index (χ2v) is 4.36. The van der Waals surface area contributed by atoms with E-state index in [2.05, 4.69) is 5.32 Å². The monoisotopic (exact) mass is 287 g/mol. The maximum Gasteiger partial charge on any atom is 0.328 e. The molecule has 4 nitrogen and oxygen atoms in total. The maximum atomic E-state index is 13.0. The number of esters is 1. The lowest BCUT2D eigenvalue weighted by molar-refractivity contribution is -0.147. The molecule has 0 aliphatic heterocycles. The van der Waals surface area contributed by atoms with Gasteiger partial charge in [-0.15, -0.1) is 0 Å². The van der Waals surface area contributed by atoms with E-state index in [0.29, 0.717) is 5.56 Å². The van der Waals surface area contributed by atoms with E-state index in [1.165, 1.54) is 25.1 Å². The van der Waals surface area contributed by atoms with Crippen molar-refractivity contribution < 1.29 is 18.7 Å². The molecule has 6 heteroatoms. The summed E-state index contributed by atoms with van der Waals surface area (Å²) in [6, 6.07) is 3.34. The van der Waals surface area contributed by atoms with Crippen LogP contribution in [0.1, 0.15) is 19.4 Å². The molecule has 0 aliphatic rings. The normalized spacial score (nSPS) is 11.8. The first kappa shape index (κ1) is 15.4. The van der Waals surface area contributed by atoms with Crippen molar-refractivity contribution in [2.24, 2.45) is 0 Å². The van der Waals surface area contributed by atoms with E-state index < -0.39 is 17.8 Å². The summed E-state index contributed by atoms with van der Waals surface area (Å²) < 4.78 is 17.9. The van der Waals surface area contributed by atoms with Crippen LogP contribution >= 0.6 is 11.6 Å². The Morgan fingerprint density at radius 1 is 1.47 bits per heavy atom. The largest absolute Gasteiger partial charge is 0.464 e. The van der Waals surface area contributed by atoms with Crippen LogP contribution in [0.25, 0.3) is 0 Å². The zero-order valence-electron chi connectivity index (χ0n) is 10.7. The summed E-state index contributed by atoms with van der Waals surface area (Å²) in [5, 5.41) is 2.47. The van der Waals surface area contributed by atoms with E-state index >= 15 is 0 Å². The first-order chi connectivity index (χ1) is 8.93. The highest BCUT2D eigenvalue weighted by atomic mass is 35.5. The molecular weight excluding hydrogens is 273 g/mol. The number of ether oxygens (including phenoxy) is 1. The van der Waals surface area contributed by atoms with Crippen LogP contribution in [-0.4, -0.2) is 24.5 Å². The van der Waals surface area contributed by atoms with Gasteiger partial charge in [0.05, 0.1) is 11.6 Å². The zero-order valence-corrected chi connectivity index (χ0v) is 11.5. The summed E-state index contributed by atoms with van der Waals surface area (Å²) in [4.78, 5) is 22.8. The molecule has 0 aliphatic carbocycles. The van der Waals surface area contributed by atoms with Crippen molar-refractivity contribution >= 4 is 23.5 Å². The fraction of sp³-hybridized carbons (Fsp3) is 0.385. The SMILES string of the molecule is CCOC(=O)C(Cc1ccc(F)c(Cl)c1)NC(C)=O. The number of carbonyl (C=O) groups is 2. The third-order valence-electron chi connectivity index (χ3n) is 2.37. The number of hydrogen-bond acceptors (Lipinski definition) is 3. The lowest BCUT2D eigenvalue weighted by Gasteiger charge is -2.16. The van der Waals surface area contributed by atoms with Gasteiger partial charge in [-0.2, -0.15) is 0 Å². The van der Waals surface area contributed by atoms with Crippen molar-refractivity contribution in [1.82, 2.24) is 5.32 Å². The average Bonchev–Trinajstić information content (AvgIpc) is 2.33. The first-order valence-corrected chi connectivity index (χ1v) is 6.19. The predicted octanol–water partition coefficient (Wildman–Crippen LogP) is 2.09. The van der Waals surface area contributed by atoms with E-state index in [4.69, 9.17) is 16.3 Å². The highest BCUT2D eigenvalue weighted by Gasteiger charge is 2.21. The van der Waals surface area contributed by atoms with Crippen LogP contribution in [0.3, 0.4) is 0 Å². The molecule has 1 unspecified atom stereocenters. The minimum Gasteiger partial charge on any atom is -0.464 e. The summed E-state index contributed by atoms with van der Waals surface area (Å²) in [5.41, 5.74) is 0.637. The standard InChI is InChI=1S/C13H15ClFNO3/c1-3-19-13(18)12(16-8(2)17)7-9-4-5-11(15)10(14)6-9/h4-6,12H,3,7H2,1-2H3,(H,16,17). The van der Waals surface area contributed by atoms with Crippen molar-refractivity contribution in [1.29, 1.82) is 0 Å². The van der Waals surface area contributed by atoms with Crippen LogP contribution in [0.2, 0.25) is 5.02 Å². The second-order valence-electron chi connectivity index (χ2n) is 3.96. The number of rotatable bonds is 5. The quantitative estimate of drug-likeness (QED) is 0.844. The Hall–Kier alpha value is -1.62. The molecule has 0 radical (unpaired) electrons. The van der Waals surface area contributed by atoms with Crippen molar-refractivity contribution in [2.75, 3.05) is 6.61 Å². The molecule has 1 aromatic rings. The van der Waals surface area contributed by atoms with Gasteiger partial charge in [0.15, 0.2) is 0 Å². The van der Waals surface area contributed by atoms with Gasteiger partial charge in [-0.3, -0.25) is 4.79 Å². The molecule has 1 amide bonds. The Morgan fingerprint density at radius 3 is 2.68 bits per heavy atom. The van der Waals surface area contributed by atoms with E-state index in [-0.39, 0.29) is 24.0 Å². The summed E-state index contributed by atoms with van der Waals surface area (Å²) in [6.07, 6.45) is 0.193. The lowest BCUT2D eigenvalue weighted by atomic mass is 10.1. The average molecular weight is 288 g/mol. The van der Waals surface area contributed by atoms with Gasteiger partial charge in [-0.05, 0) is 24.6 Å². The van der Waals surface area contributed by atoms with E-state index in [1.54, 1.807) is 6.92 Å². The lowest BCUT2D eigenvalue weighted by Crippen LogP contribution is -2.42. The van der Waals surface area contributed by atoms with Crippen molar-refractivity contribution in [3.05, 3.63) is 34.6 Å². The molecule has 19 heavy (non-hydrogen) atoms. The number of carbonyl (C=O) groups excluding carboxylic acids is 2. The van der Waals surface area contributed by atoms with E-state index in [9.17, 15) is 14.0 Å². The fourth-order valence-electron chi connectivity index (χ4n) is 1.58. The molecule has 0 fully saturated rings. The summed E-state index contributed by atoms with van der Waals surface area (Å²) in [5.74, 6) is -1.40. The molecule has 1 N–H and O–H groups in total. The molecule has 0 saturated heterocycles. The number of nitrogens with one attached hydrogen (secondary N) is 1. The highest BCUT2D eigenvalue weighted by molar-refractivity contribution is 6.30. The Kier molecular flexibility index (Phi) is 5.76. The van der Waals surface area contributed by atoms with Gasteiger partial charge in [-0.25, -0.2) is 9.18 Å². The summed E-state index contributed by atoms with van der Waals surface area (Å²) >= 11 is 5.67. The molecule has 104 valence electrons. The molecule has 0 heterocycles. The third kappa shape index (κ3) is 4.87.